The van der Waals surface area contributed by atoms with E-state index in [-0.39, 0.29) is 12.8 Å². The van der Waals surface area contributed by atoms with E-state index >= 15 is 0 Å². The summed E-state index contributed by atoms with van der Waals surface area (Å²) in [5.41, 5.74) is 0. The summed E-state index contributed by atoms with van der Waals surface area (Å²) in [4.78, 5) is 70.1. The Kier molecular flexibility index (Phi) is 12.5. The number of likely N-dealkylation sites (N-methyl/N-ethyl adjacent to an activating group) is 1. The summed E-state index contributed by atoms with van der Waals surface area (Å²) < 4.78 is 0. The Labute approximate surface area is 183 Å². The lowest BCUT2D eigenvalue weighted by atomic mass is 10.0. The third kappa shape index (κ3) is 10.2. The first-order valence-electron chi connectivity index (χ1n) is 9.69. The summed E-state index contributed by atoms with van der Waals surface area (Å²) in [5, 5.41) is 45.4. The van der Waals surface area contributed by atoms with E-state index in [1.165, 1.54) is 20.9 Å². The lowest BCUT2D eigenvalue weighted by molar-refractivity contribution is -0.144. The number of rotatable bonds is 15. The zero-order valence-corrected chi connectivity index (χ0v) is 18.0. The minimum atomic E-state index is -1.68. The molecule has 0 aromatic rings. The maximum Gasteiger partial charge on any atom is 0.326 e. The second-order valence-electron chi connectivity index (χ2n) is 7.24. The van der Waals surface area contributed by atoms with Crippen molar-refractivity contribution in [3.8, 4) is 0 Å². The van der Waals surface area contributed by atoms with E-state index in [0.717, 1.165) is 0 Å². The van der Waals surface area contributed by atoms with Gasteiger partial charge in [0.15, 0.2) is 0 Å². The molecule has 14 heteroatoms. The number of nitrogens with one attached hydrogen (secondary N) is 4. The van der Waals surface area contributed by atoms with Gasteiger partial charge in [-0.15, -0.1) is 0 Å². The first kappa shape index (κ1) is 28.7. The quantitative estimate of drug-likeness (QED) is 0.123. The molecule has 0 unspecified atom stereocenters. The van der Waals surface area contributed by atoms with Gasteiger partial charge in [-0.3, -0.25) is 24.0 Å². The lowest BCUT2D eigenvalue weighted by Gasteiger charge is -2.25. The SMILES string of the molecule is CN[C@@H](CCC(=O)O)C(=O)N[C@@H](CO)C(=O)N[C@@H](CC(=O)O)C(=O)N[C@H](C(=O)O)C(C)C. The van der Waals surface area contributed by atoms with E-state index in [4.69, 9.17) is 10.2 Å². The van der Waals surface area contributed by atoms with Crippen molar-refractivity contribution in [3.63, 3.8) is 0 Å². The van der Waals surface area contributed by atoms with Gasteiger partial charge in [0.1, 0.15) is 18.1 Å². The molecule has 0 aliphatic rings. The maximum absolute atomic E-state index is 12.4. The molecule has 0 aliphatic carbocycles. The van der Waals surface area contributed by atoms with Gasteiger partial charge in [-0.25, -0.2) is 4.79 Å². The van der Waals surface area contributed by atoms with Crippen molar-refractivity contribution in [3.05, 3.63) is 0 Å². The largest absolute Gasteiger partial charge is 0.481 e. The van der Waals surface area contributed by atoms with Crippen molar-refractivity contribution < 1.29 is 49.2 Å². The summed E-state index contributed by atoms with van der Waals surface area (Å²) in [6, 6.07) is -5.59. The molecule has 0 radical (unpaired) electrons. The fourth-order valence-corrected chi connectivity index (χ4v) is 2.56. The number of carbonyl (C=O) groups excluding carboxylic acids is 3. The summed E-state index contributed by atoms with van der Waals surface area (Å²) in [6.07, 6.45) is -1.32. The van der Waals surface area contributed by atoms with Crippen LogP contribution in [0.3, 0.4) is 0 Å². The van der Waals surface area contributed by atoms with Crippen LogP contribution in [0.25, 0.3) is 0 Å². The Hall–Kier alpha value is -3.26. The van der Waals surface area contributed by atoms with Gasteiger partial charge in [-0.1, -0.05) is 13.8 Å². The van der Waals surface area contributed by atoms with Gasteiger partial charge in [-0.05, 0) is 19.4 Å². The molecule has 0 aromatic heterocycles. The number of aliphatic carboxylic acids is 3. The van der Waals surface area contributed by atoms with Crippen molar-refractivity contribution in [2.75, 3.05) is 13.7 Å². The molecule has 0 bridgehead atoms. The molecule has 0 spiro atoms. The Morgan fingerprint density at radius 3 is 1.66 bits per heavy atom. The lowest BCUT2D eigenvalue weighted by Crippen LogP contribution is -2.59. The topological polar surface area (TPSA) is 231 Å². The van der Waals surface area contributed by atoms with Gasteiger partial charge in [0.25, 0.3) is 0 Å². The van der Waals surface area contributed by atoms with Gasteiger partial charge in [-0.2, -0.15) is 0 Å². The molecular formula is C18H30N4O10. The van der Waals surface area contributed by atoms with Crippen molar-refractivity contribution >= 4 is 35.6 Å². The first-order chi connectivity index (χ1) is 14.8. The summed E-state index contributed by atoms with van der Waals surface area (Å²) in [7, 11) is 1.39. The highest BCUT2D eigenvalue weighted by Crippen LogP contribution is 2.04. The van der Waals surface area contributed by atoms with Crippen LogP contribution in [0.5, 0.6) is 0 Å². The van der Waals surface area contributed by atoms with Crippen molar-refractivity contribution in [1.29, 1.82) is 0 Å². The number of carboxylic acids is 3. The van der Waals surface area contributed by atoms with E-state index in [1.807, 2.05) is 0 Å². The zero-order chi connectivity index (χ0) is 25.0. The van der Waals surface area contributed by atoms with Crippen LogP contribution in [-0.4, -0.2) is 93.9 Å². The normalized spacial score (nSPS) is 14.5. The molecular weight excluding hydrogens is 432 g/mol. The van der Waals surface area contributed by atoms with E-state index in [0.29, 0.717) is 0 Å². The summed E-state index contributed by atoms with van der Waals surface area (Å²) in [5.74, 6) is -7.45. The Bertz CT molecular complexity index is 712. The average molecular weight is 462 g/mol. The van der Waals surface area contributed by atoms with Gasteiger partial charge in [0.05, 0.1) is 19.1 Å². The van der Waals surface area contributed by atoms with E-state index < -0.39 is 78.7 Å². The van der Waals surface area contributed by atoms with Crippen LogP contribution >= 0.6 is 0 Å². The van der Waals surface area contributed by atoms with Gasteiger partial charge in [0.2, 0.25) is 17.7 Å². The number of aliphatic hydroxyl groups is 1. The monoisotopic (exact) mass is 462 g/mol. The van der Waals surface area contributed by atoms with E-state index in [2.05, 4.69) is 21.3 Å². The van der Waals surface area contributed by atoms with Crippen LogP contribution in [0.15, 0.2) is 0 Å². The molecule has 4 atom stereocenters. The van der Waals surface area contributed by atoms with Crippen LogP contribution < -0.4 is 21.3 Å². The van der Waals surface area contributed by atoms with Crippen LogP contribution in [0.1, 0.15) is 33.1 Å². The van der Waals surface area contributed by atoms with Crippen LogP contribution in [0.4, 0.5) is 0 Å². The highest BCUT2D eigenvalue weighted by atomic mass is 16.4. The minimum absolute atomic E-state index is 0.104. The minimum Gasteiger partial charge on any atom is -0.481 e. The molecule has 182 valence electrons. The van der Waals surface area contributed by atoms with E-state index in [1.54, 1.807) is 0 Å². The molecule has 0 saturated heterocycles. The second kappa shape index (κ2) is 13.9. The maximum atomic E-state index is 12.4. The molecule has 0 rings (SSSR count). The molecule has 8 N–H and O–H groups in total. The Balaban J connectivity index is 5.32. The Morgan fingerprint density at radius 2 is 1.25 bits per heavy atom. The van der Waals surface area contributed by atoms with Gasteiger partial charge in [0, 0.05) is 6.42 Å². The summed E-state index contributed by atoms with van der Waals surface area (Å²) in [6.45, 7) is 2.13. The van der Waals surface area contributed by atoms with Gasteiger partial charge >= 0.3 is 17.9 Å². The third-order valence-corrected chi connectivity index (χ3v) is 4.37. The van der Waals surface area contributed by atoms with Gasteiger partial charge < -0.3 is 41.7 Å². The number of aliphatic hydroxyl groups excluding tert-OH is 1. The number of carboxylic acid groups (broad SMARTS) is 3. The van der Waals surface area contributed by atoms with Crippen molar-refractivity contribution in [1.82, 2.24) is 21.3 Å². The standard InChI is InChI=1S/C18H30N4O10/c1-8(2)14(18(31)32)22-16(29)10(6-13(26)27)20-17(30)11(7-23)21-15(28)9(19-3)4-5-12(24)25/h8-11,14,19,23H,4-7H2,1-3H3,(H,20,30)(H,21,28)(H,22,29)(H,24,25)(H,26,27)(H,31,32)/t9-,10-,11-,14-/m0/s1. The molecule has 14 nitrogen and oxygen atoms in total. The smallest absolute Gasteiger partial charge is 0.326 e. The number of carbonyl (C=O) groups is 6. The Morgan fingerprint density at radius 1 is 0.750 bits per heavy atom. The second-order valence-corrected chi connectivity index (χ2v) is 7.24. The fourth-order valence-electron chi connectivity index (χ4n) is 2.56. The van der Waals surface area contributed by atoms with Crippen LogP contribution in [0, 0.1) is 5.92 Å². The molecule has 0 aliphatic heterocycles. The molecule has 0 aromatic carbocycles. The fraction of sp³-hybridized carbons (Fsp3) is 0.667. The predicted molar refractivity (Wildman–Crippen MR) is 107 cm³/mol. The molecule has 0 fully saturated rings. The zero-order valence-electron chi connectivity index (χ0n) is 18.0. The average Bonchev–Trinajstić information content (AvgIpc) is 2.68. The van der Waals surface area contributed by atoms with Crippen molar-refractivity contribution in [2.24, 2.45) is 5.92 Å². The number of amides is 3. The number of hydrogen-bond acceptors (Lipinski definition) is 8. The molecule has 3 amide bonds. The first-order valence-corrected chi connectivity index (χ1v) is 9.69. The summed E-state index contributed by atoms with van der Waals surface area (Å²) >= 11 is 0. The number of hydrogen-bond donors (Lipinski definition) is 8. The molecule has 0 heterocycles. The highest BCUT2D eigenvalue weighted by molar-refractivity contribution is 5.95. The van der Waals surface area contributed by atoms with Crippen LogP contribution in [0.2, 0.25) is 0 Å². The molecule has 32 heavy (non-hydrogen) atoms. The van der Waals surface area contributed by atoms with Crippen LogP contribution in [-0.2, 0) is 28.8 Å². The highest BCUT2D eigenvalue weighted by Gasteiger charge is 2.32. The predicted octanol–water partition coefficient (Wildman–Crippen LogP) is -2.90. The van der Waals surface area contributed by atoms with Crippen molar-refractivity contribution in [2.45, 2.75) is 57.3 Å². The molecule has 0 saturated carbocycles. The van der Waals surface area contributed by atoms with E-state index in [9.17, 15) is 39.0 Å². The third-order valence-electron chi connectivity index (χ3n) is 4.37.